The Balaban J connectivity index is 1.49. The zero-order valence-electron chi connectivity index (χ0n) is 17.1. The van der Waals surface area contributed by atoms with Gasteiger partial charge < -0.3 is 20.3 Å². The van der Waals surface area contributed by atoms with E-state index in [1.807, 2.05) is 0 Å². The van der Waals surface area contributed by atoms with Gasteiger partial charge in [-0.15, -0.1) is 10.2 Å². The fraction of sp³-hybridized carbons (Fsp3) is 0.381. The number of nitrogens with one attached hydrogen (secondary N) is 2. The number of halogens is 1. The van der Waals surface area contributed by atoms with E-state index in [2.05, 4.69) is 20.8 Å². The van der Waals surface area contributed by atoms with Crippen LogP contribution in [-0.4, -0.2) is 54.2 Å². The van der Waals surface area contributed by atoms with Crippen molar-refractivity contribution in [1.29, 1.82) is 0 Å². The summed E-state index contributed by atoms with van der Waals surface area (Å²) in [4.78, 5) is 38.4. The summed E-state index contributed by atoms with van der Waals surface area (Å²) in [5, 5.41) is 13.5. The van der Waals surface area contributed by atoms with E-state index in [1.54, 1.807) is 43.4 Å². The highest BCUT2D eigenvalue weighted by atomic mass is 35.5. The van der Waals surface area contributed by atoms with Crippen LogP contribution in [0, 0.1) is 0 Å². The standard InChI is InChI=1S/C21H24ClN5O4/c1-27(18-11-10-17(22)25-26-18)12-20(29)31-13-19(28)24-16-9-5-4-8-15(16)21(30)23-14-6-2-3-7-14/h4-5,8-11,14H,2-3,6-7,12-13H2,1H3,(H,23,30)(H,24,28). The van der Waals surface area contributed by atoms with Crippen LogP contribution in [0.25, 0.3) is 0 Å². The molecule has 1 aliphatic carbocycles. The number of para-hydroxylation sites is 1. The van der Waals surface area contributed by atoms with Crippen LogP contribution in [0.3, 0.4) is 0 Å². The highest BCUT2D eigenvalue weighted by molar-refractivity contribution is 6.29. The molecule has 10 heteroatoms. The molecule has 1 aromatic heterocycles. The number of nitrogens with zero attached hydrogens (tertiary/aromatic N) is 3. The molecule has 0 saturated heterocycles. The summed E-state index contributed by atoms with van der Waals surface area (Å²) in [6.45, 7) is -0.596. The van der Waals surface area contributed by atoms with Crippen LogP contribution in [-0.2, 0) is 14.3 Å². The Kier molecular flexibility index (Phi) is 7.77. The third-order valence-electron chi connectivity index (χ3n) is 4.88. The second kappa shape index (κ2) is 10.7. The second-order valence-electron chi connectivity index (χ2n) is 7.28. The van der Waals surface area contributed by atoms with E-state index in [1.165, 1.54) is 4.90 Å². The molecule has 1 heterocycles. The number of hydrogen-bond donors (Lipinski definition) is 2. The number of hydrogen-bond acceptors (Lipinski definition) is 7. The van der Waals surface area contributed by atoms with Gasteiger partial charge in [-0.25, -0.2) is 0 Å². The number of likely N-dealkylation sites (N-methyl/N-ethyl adjacent to an activating group) is 1. The van der Waals surface area contributed by atoms with E-state index in [0.717, 1.165) is 25.7 Å². The summed E-state index contributed by atoms with van der Waals surface area (Å²) in [5.41, 5.74) is 0.739. The summed E-state index contributed by atoms with van der Waals surface area (Å²) in [6.07, 6.45) is 4.14. The second-order valence-corrected chi connectivity index (χ2v) is 7.67. The molecule has 0 bridgehead atoms. The fourth-order valence-corrected chi connectivity index (χ4v) is 3.39. The maximum Gasteiger partial charge on any atom is 0.326 e. The summed E-state index contributed by atoms with van der Waals surface area (Å²) in [6, 6.07) is 10.1. The number of carbonyl (C=O) groups is 3. The summed E-state index contributed by atoms with van der Waals surface area (Å²) < 4.78 is 5.03. The van der Waals surface area contributed by atoms with Gasteiger partial charge in [0.15, 0.2) is 17.6 Å². The van der Waals surface area contributed by atoms with Crippen LogP contribution in [0.5, 0.6) is 0 Å². The monoisotopic (exact) mass is 445 g/mol. The van der Waals surface area contributed by atoms with Gasteiger partial charge >= 0.3 is 5.97 Å². The van der Waals surface area contributed by atoms with Crippen LogP contribution < -0.4 is 15.5 Å². The molecule has 0 aliphatic heterocycles. The van der Waals surface area contributed by atoms with E-state index in [9.17, 15) is 14.4 Å². The normalized spacial score (nSPS) is 13.5. The number of anilines is 2. The zero-order valence-corrected chi connectivity index (χ0v) is 17.9. The molecule has 2 aromatic rings. The number of esters is 1. The maximum absolute atomic E-state index is 12.6. The molecule has 1 aliphatic rings. The highest BCUT2D eigenvalue weighted by Gasteiger charge is 2.20. The lowest BCUT2D eigenvalue weighted by Crippen LogP contribution is -2.33. The van der Waals surface area contributed by atoms with Crippen LogP contribution >= 0.6 is 11.6 Å². The smallest absolute Gasteiger partial charge is 0.326 e. The number of benzene rings is 1. The van der Waals surface area contributed by atoms with Crippen molar-refractivity contribution in [3.05, 3.63) is 47.1 Å². The Hall–Kier alpha value is -3.20. The first-order valence-corrected chi connectivity index (χ1v) is 10.4. The molecular weight excluding hydrogens is 422 g/mol. The molecule has 3 rings (SSSR count). The Labute approximate surface area is 185 Å². The lowest BCUT2D eigenvalue weighted by atomic mass is 10.1. The van der Waals surface area contributed by atoms with Crippen molar-refractivity contribution in [2.45, 2.75) is 31.7 Å². The van der Waals surface area contributed by atoms with Crippen LogP contribution in [0.15, 0.2) is 36.4 Å². The van der Waals surface area contributed by atoms with Crippen LogP contribution in [0.2, 0.25) is 5.15 Å². The number of ether oxygens (including phenoxy) is 1. The molecule has 0 atom stereocenters. The topological polar surface area (TPSA) is 114 Å². The van der Waals surface area contributed by atoms with Gasteiger partial charge in [-0.05, 0) is 37.1 Å². The fourth-order valence-electron chi connectivity index (χ4n) is 3.29. The van der Waals surface area contributed by atoms with E-state index in [4.69, 9.17) is 16.3 Å². The number of rotatable bonds is 8. The van der Waals surface area contributed by atoms with Crippen molar-refractivity contribution in [1.82, 2.24) is 15.5 Å². The Morgan fingerprint density at radius 2 is 1.87 bits per heavy atom. The zero-order chi connectivity index (χ0) is 22.2. The predicted molar refractivity (Wildman–Crippen MR) is 116 cm³/mol. The van der Waals surface area contributed by atoms with E-state index >= 15 is 0 Å². The van der Waals surface area contributed by atoms with Crippen LogP contribution in [0.1, 0.15) is 36.0 Å². The molecule has 1 fully saturated rings. The Bertz CT molecular complexity index is 932. The number of amides is 2. The average molecular weight is 446 g/mol. The van der Waals surface area contributed by atoms with Gasteiger partial charge in [0.1, 0.15) is 6.54 Å². The summed E-state index contributed by atoms with van der Waals surface area (Å²) in [7, 11) is 1.64. The van der Waals surface area contributed by atoms with Crippen molar-refractivity contribution in [3.8, 4) is 0 Å². The molecule has 2 N–H and O–H groups in total. The molecule has 164 valence electrons. The average Bonchev–Trinajstić information content (AvgIpc) is 3.26. The van der Waals surface area contributed by atoms with Gasteiger partial charge in [0.2, 0.25) is 0 Å². The number of carbonyl (C=O) groups excluding carboxylic acids is 3. The highest BCUT2D eigenvalue weighted by Crippen LogP contribution is 2.20. The molecule has 0 spiro atoms. The van der Waals surface area contributed by atoms with Gasteiger partial charge in [0.25, 0.3) is 11.8 Å². The molecule has 2 amide bonds. The Morgan fingerprint density at radius 3 is 2.58 bits per heavy atom. The van der Waals surface area contributed by atoms with E-state index in [-0.39, 0.29) is 23.6 Å². The van der Waals surface area contributed by atoms with E-state index < -0.39 is 18.5 Å². The first-order valence-electron chi connectivity index (χ1n) is 9.98. The third kappa shape index (κ3) is 6.65. The van der Waals surface area contributed by atoms with Gasteiger partial charge in [-0.2, -0.15) is 0 Å². The molecule has 9 nitrogen and oxygen atoms in total. The minimum absolute atomic E-state index is 0.121. The van der Waals surface area contributed by atoms with Gasteiger partial charge in [-0.3, -0.25) is 14.4 Å². The van der Waals surface area contributed by atoms with Gasteiger partial charge in [0.05, 0.1) is 11.3 Å². The van der Waals surface area contributed by atoms with Crippen LogP contribution in [0.4, 0.5) is 11.5 Å². The van der Waals surface area contributed by atoms with E-state index in [0.29, 0.717) is 17.1 Å². The summed E-state index contributed by atoms with van der Waals surface area (Å²) in [5.74, 6) is -0.941. The molecular formula is C21H24ClN5O4. The molecule has 1 aromatic carbocycles. The molecule has 31 heavy (non-hydrogen) atoms. The van der Waals surface area contributed by atoms with Crippen molar-refractivity contribution in [3.63, 3.8) is 0 Å². The van der Waals surface area contributed by atoms with Crippen molar-refractivity contribution < 1.29 is 19.1 Å². The van der Waals surface area contributed by atoms with Crippen molar-refractivity contribution in [2.24, 2.45) is 0 Å². The van der Waals surface area contributed by atoms with Crippen molar-refractivity contribution in [2.75, 3.05) is 30.4 Å². The largest absolute Gasteiger partial charge is 0.454 e. The molecule has 0 unspecified atom stereocenters. The maximum atomic E-state index is 12.6. The minimum Gasteiger partial charge on any atom is -0.454 e. The SMILES string of the molecule is CN(CC(=O)OCC(=O)Nc1ccccc1C(=O)NC1CCCC1)c1ccc(Cl)nn1. The summed E-state index contributed by atoms with van der Waals surface area (Å²) >= 11 is 5.69. The Morgan fingerprint density at radius 1 is 1.13 bits per heavy atom. The lowest BCUT2D eigenvalue weighted by molar-refractivity contribution is -0.145. The van der Waals surface area contributed by atoms with Gasteiger partial charge in [0, 0.05) is 13.1 Å². The molecule has 0 radical (unpaired) electrons. The quantitative estimate of drug-likeness (QED) is 0.600. The predicted octanol–water partition coefficient (Wildman–Crippen LogP) is 2.42. The first kappa shape index (κ1) is 22.5. The third-order valence-corrected chi connectivity index (χ3v) is 5.08. The van der Waals surface area contributed by atoms with Gasteiger partial charge in [-0.1, -0.05) is 36.6 Å². The first-order chi connectivity index (χ1) is 14.9. The minimum atomic E-state index is -0.610. The lowest BCUT2D eigenvalue weighted by Gasteiger charge is -2.17. The van der Waals surface area contributed by atoms with Crippen molar-refractivity contribution >= 4 is 40.9 Å². The molecule has 1 saturated carbocycles. The number of aromatic nitrogens is 2.